The molecule has 2 aromatic carbocycles. The summed E-state index contributed by atoms with van der Waals surface area (Å²) in [6, 6.07) is 10.5. The third kappa shape index (κ3) is 4.29. The SMILES string of the molecule is CCc1cccc(C)c1NS(=O)(=O)c1cc(-c2cc(C(F)(F)F)on2)ccc1C. The van der Waals surface area contributed by atoms with E-state index in [0.29, 0.717) is 17.7 Å². The molecule has 0 aliphatic rings. The molecule has 1 heterocycles. The van der Waals surface area contributed by atoms with E-state index in [-0.39, 0.29) is 16.2 Å². The van der Waals surface area contributed by atoms with Crippen LogP contribution in [-0.2, 0) is 22.6 Å². The highest BCUT2D eigenvalue weighted by Crippen LogP contribution is 2.33. The van der Waals surface area contributed by atoms with E-state index in [9.17, 15) is 21.6 Å². The molecule has 0 bridgehead atoms. The first-order valence-electron chi connectivity index (χ1n) is 8.79. The second-order valence-electron chi connectivity index (χ2n) is 6.62. The van der Waals surface area contributed by atoms with Crippen molar-refractivity contribution < 1.29 is 26.1 Å². The fourth-order valence-electron chi connectivity index (χ4n) is 2.95. The van der Waals surface area contributed by atoms with Gasteiger partial charge in [-0.2, -0.15) is 13.2 Å². The van der Waals surface area contributed by atoms with Crippen LogP contribution in [0.15, 0.2) is 51.9 Å². The van der Waals surface area contributed by atoms with Crippen molar-refractivity contribution >= 4 is 15.7 Å². The van der Waals surface area contributed by atoms with Crippen molar-refractivity contribution in [2.45, 2.75) is 38.3 Å². The number of nitrogens with one attached hydrogen (secondary N) is 1. The zero-order chi connectivity index (χ0) is 21.4. The number of rotatable bonds is 5. The fraction of sp³-hybridized carbons (Fsp3) is 0.250. The first-order chi connectivity index (χ1) is 13.5. The van der Waals surface area contributed by atoms with Gasteiger partial charge in [-0.25, -0.2) is 8.42 Å². The van der Waals surface area contributed by atoms with E-state index < -0.39 is 22.0 Å². The number of hydrogen-bond donors (Lipinski definition) is 1. The Bertz CT molecular complexity index is 1150. The van der Waals surface area contributed by atoms with E-state index in [1.807, 2.05) is 19.1 Å². The number of sulfonamides is 1. The number of halogens is 3. The topological polar surface area (TPSA) is 72.2 Å². The van der Waals surface area contributed by atoms with Crippen LogP contribution in [0.2, 0.25) is 0 Å². The molecule has 0 fully saturated rings. The highest BCUT2D eigenvalue weighted by atomic mass is 32.2. The van der Waals surface area contributed by atoms with Crippen LogP contribution in [-0.4, -0.2) is 13.6 Å². The van der Waals surface area contributed by atoms with Crippen molar-refractivity contribution in [3.63, 3.8) is 0 Å². The first-order valence-corrected chi connectivity index (χ1v) is 10.3. The fourth-order valence-corrected chi connectivity index (χ4v) is 4.40. The van der Waals surface area contributed by atoms with Gasteiger partial charge in [-0.1, -0.05) is 42.4 Å². The summed E-state index contributed by atoms with van der Waals surface area (Å²) in [6.45, 7) is 5.33. The standard InChI is InChI=1S/C20H19F3N2O3S/c1-4-14-7-5-6-13(3)19(14)25-29(26,27)17-10-15(9-8-12(17)2)16-11-18(28-24-16)20(21,22)23/h5-11,25H,4H2,1-3H3. The van der Waals surface area contributed by atoms with Gasteiger partial charge < -0.3 is 4.52 Å². The molecule has 0 unspecified atom stereocenters. The molecule has 29 heavy (non-hydrogen) atoms. The summed E-state index contributed by atoms with van der Waals surface area (Å²) >= 11 is 0. The molecule has 0 atom stereocenters. The maximum atomic E-state index is 13.1. The minimum atomic E-state index is -4.67. The zero-order valence-corrected chi connectivity index (χ0v) is 16.8. The Balaban J connectivity index is 2.03. The summed E-state index contributed by atoms with van der Waals surface area (Å²) in [4.78, 5) is -0.0446. The van der Waals surface area contributed by atoms with Crippen LogP contribution in [0.4, 0.5) is 18.9 Å². The van der Waals surface area contributed by atoms with Gasteiger partial charge in [0, 0.05) is 11.6 Å². The maximum Gasteiger partial charge on any atom is 0.452 e. The summed E-state index contributed by atoms with van der Waals surface area (Å²) in [7, 11) is -3.98. The molecule has 0 saturated carbocycles. The van der Waals surface area contributed by atoms with Gasteiger partial charge in [0.15, 0.2) is 0 Å². The van der Waals surface area contributed by atoms with Gasteiger partial charge in [0.25, 0.3) is 10.0 Å². The molecular formula is C20H19F3N2O3S. The molecular weight excluding hydrogens is 405 g/mol. The molecule has 0 aliphatic heterocycles. The Morgan fingerprint density at radius 3 is 2.41 bits per heavy atom. The number of hydrogen-bond acceptors (Lipinski definition) is 4. The van der Waals surface area contributed by atoms with Gasteiger partial charge in [-0.3, -0.25) is 4.72 Å². The van der Waals surface area contributed by atoms with Gasteiger partial charge in [0.1, 0.15) is 5.69 Å². The number of aromatic nitrogens is 1. The molecule has 1 N–H and O–H groups in total. The smallest absolute Gasteiger partial charge is 0.351 e. The Hall–Kier alpha value is -2.81. The van der Waals surface area contributed by atoms with Gasteiger partial charge in [-0.15, -0.1) is 0 Å². The van der Waals surface area contributed by atoms with E-state index in [1.165, 1.54) is 18.2 Å². The van der Waals surface area contributed by atoms with Crippen molar-refractivity contribution in [3.05, 3.63) is 64.9 Å². The van der Waals surface area contributed by atoms with Crippen LogP contribution >= 0.6 is 0 Å². The molecule has 0 amide bonds. The molecule has 9 heteroatoms. The minimum absolute atomic E-state index is 0.0446. The lowest BCUT2D eigenvalue weighted by molar-refractivity contribution is -0.155. The van der Waals surface area contributed by atoms with E-state index in [4.69, 9.17) is 0 Å². The molecule has 0 aliphatic carbocycles. The molecule has 3 aromatic rings. The Kier molecular flexibility index (Phi) is 5.44. The van der Waals surface area contributed by atoms with Gasteiger partial charge in [0.05, 0.1) is 10.6 Å². The minimum Gasteiger partial charge on any atom is -0.351 e. The molecule has 3 rings (SSSR count). The molecule has 1 aromatic heterocycles. The molecule has 0 saturated heterocycles. The molecule has 0 radical (unpaired) electrons. The maximum absolute atomic E-state index is 13.1. The van der Waals surface area contributed by atoms with Crippen LogP contribution in [0.25, 0.3) is 11.3 Å². The van der Waals surface area contributed by atoms with Crippen LogP contribution < -0.4 is 4.72 Å². The zero-order valence-electron chi connectivity index (χ0n) is 16.0. The Morgan fingerprint density at radius 2 is 1.79 bits per heavy atom. The number of aryl methyl sites for hydroxylation is 3. The lowest BCUT2D eigenvalue weighted by atomic mass is 10.1. The van der Waals surface area contributed by atoms with Gasteiger partial charge in [-0.05, 0) is 43.0 Å². The van der Waals surface area contributed by atoms with Crippen molar-refractivity contribution in [2.24, 2.45) is 0 Å². The molecule has 0 spiro atoms. The van der Waals surface area contributed by atoms with Crippen molar-refractivity contribution in [3.8, 4) is 11.3 Å². The van der Waals surface area contributed by atoms with Crippen molar-refractivity contribution in [1.29, 1.82) is 0 Å². The highest BCUT2D eigenvalue weighted by molar-refractivity contribution is 7.92. The van der Waals surface area contributed by atoms with Crippen LogP contribution in [0.1, 0.15) is 29.4 Å². The van der Waals surface area contributed by atoms with E-state index in [1.54, 1.807) is 19.9 Å². The lowest BCUT2D eigenvalue weighted by Crippen LogP contribution is -2.16. The third-order valence-electron chi connectivity index (χ3n) is 4.54. The quantitative estimate of drug-likeness (QED) is 0.600. The number of alkyl halides is 3. The summed E-state index contributed by atoms with van der Waals surface area (Å²) < 4.78 is 71.4. The van der Waals surface area contributed by atoms with Crippen LogP contribution in [0.5, 0.6) is 0 Å². The number of anilines is 1. The predicted octanol–water partition coefficient (Wildman–Crippen LogP) is 5.34. The Morgan fingerprint density at radius 1 is 1.07 bits per heavy atom. The second-order valence-corrected chi connectivity index (χ2v) is 8.27. The summed E-state index contributed by atoms with van der Waals surface area (Å²) in [6.07, 6.45) is -4.04. The number of nitrogens with zero attached hydrogens (tertiary/aromatic N) is 1. The summed E-state index contributed by atoms with van der Waals surface area (Å²) in [5.74, 6) is -1.25. The Labute approximate surface area is 166 Å². The van der Waals surface area contributed by atoms with Crippen molar-refractivity contribution in [1.82, 2.24) is 5.16 Å². The van der Waals surface area contributed by atoms with Gasteiger partial charge in [0.2, 0.25) is 5.76 Å². The lowest BCUT2D eigenvalue weighted by Gasteiger charge is -2.16. The number of benzene rings is 2. The van der Waals surface area contributed by atoms with Crippen molar-refractivity contribution in [2.75, 3.05) is 4.72 Å². The highest BCUT2D eigenvalue weighted by Gasteiger charge is 2.36. The first kappa shape index (κ1) is 20.9. The monoisotopic (exact) mass is 424 g/mol. The van der Waals surface area contributed by atoms with Crippen LogP contribution in [0.3, 0.4) is 0 Å². The van der Waals surface area contributed by atoms with E-state index in [0.717, 1.165) is 17.2 Å². The van der Waals surface area contributed by atoms with Gasteiger partial charge >= 0.3 is 6.18 Å². The summed E-state index contributed by atoms with van der Waals surface area (Å²) in [5, 5.41) is 3.42. The largest absolute Gasteiger partial charge is 0.452 e. The summed E-state index contributed by atoms with van der Waals surface area (Å²) in [5.41, 5.74) is 2.67. The van der Waals surface area contributed by atoms with E-state index >= 15 is 0 Å². The number of para-hydroxylation sites is 1. The average Bonchev–Trinajstić information content (AvgIpc) is 3.14. The average molecular weight is 424 g/mol. The molecule has 5 nitrogen and oxygen atoms in total. The van der Waals surface area contributed by atoms with Crippen LogP contribution in [0, 0.1) is 13.8 Å². The second kappa shape index (κ2) is 7.55. The van der Waals surface area contributed by atoms with E-state index in [2.05, 4.69) is 14.4 Å². The normalized spacial score (nSPS) is 12.2. The molecule has 154 valence electrons. The third-order valence-corrected chi connectivity index (χ3v) is 6.03. The predicted molar refractivity (Wildman–Crippen MR) is 103 cm³/mol.